The molecule has 0 radical (unpaired) electrons. The summed E-state index contributed by atoms with van der Waals surface area (Å²) in [5, 5.41) is 10.9. The average Bonchev–Trinajstić information content (AvgIpc) is 2.74. The molecule has 0 unspecified atom stereocenters. The van der Waals surface area contributed by atoms with Crippen molar-refractivity contribution in [2.75, 3.05) is 6.26 Å². The number of aliphatic hydroxyl groups excluding tert-OH is 1. The molecule has 1 aromatic heterocycles. The number of thioether (sulfide) groups is 1. The zero-order valence-electron chi connectivity index (χ0n) is 9.43. The van der Waals surface area contributed by atoms with E-state index in [-0.39, 0.29) is 6.61 Å². The highest BCUT2D eigenvalue weighted by Crippen LogP contribution is 2.18. The third-order valence-corrected chi connectivity index (χ3v) is 3.44. The van der Waals surface area contributed by atoms with Gasteiger partial charge < -0.3 is 9.67 Å². The molecule has 0 spiro atoms. The zero-order chi connectivity index (χ0) is 12.3. The minimum Gasteiger partial charge on any atom is -0.390 e. The Morgan fingerprint density at radius 2 is 2.06 bits per heavy atom. The standard InChI is InChI=1S/C12H13ClN2OS/c1-17-12-14-6-11(8-16)15(12)7-9-2-4-10(13)5-3-9/h2-6,16H,7-8H2,1H3. The molecule has 0 atom stereocenters. The van der Waals surface area contributed by atoms with E-state index >= 15 is 0 Å². The Kier molecular flexibility index (Phi) is 4.10. The Balaban J connectivity index is 2.28. The van der Waals surface area contributed by atoms with E-state index in [1.165, 1.54) is 0 Å². The van der Waals surface area contributed by atoms with Gasteiger partial charge in [-0.1, -0.05) is 35.5 Å². The molecule has 0 aliphatic rings. The van der Waals surface area contributed by atoms with E-state index in [1.807, 2.05) is 35.1 Å². The Hall–Kier alpha value is -0.970. The maximum Gasteiger partial charge on any atom is 0.168 e. The maximum atomic E-state index is 9.26. The Morgan fingerprint density at radius 3 is 2.65 bits per heavy atom. The lowest BCUT2D eigenvalue weighted by atomic mass is 10.2. The van der Waals surface area contributed by atoms with Crippen LogP contribution in [-0.2, 0) is 13.2 Å². The minimum atomic E-state index is 0.00114. The first-order valence-corrected chi connectivity index (χ1v) is 6.78. The van der Waals surface area contributed by atoms with E-state index in [4.69, 9.17) is 11.6 Å². The molecule has 0 saturated carbocycles. The molecule has 2 aromatic rings. The Labute approximate surface area is 109 Å². The van der Waals surface area contributed by atoms with Crippen molar-refractivity contribution in [2.45, 2.75) is 18.3 Å². The Morgan fingerprint density at radius 1 is 1.35 bits per heavy atom. The van der Waals surface area contributed by atoms with Crippen LogP contribution in [0.15, 0.2) is 35.6 Å². The fraction of sp³-hybridized carbons (Fsp3) is 0.250. The molecule has 1 heterocycles. The zero-order valence-corrected chi connectivity index (χ0v) is 11.0. The topological polar surface area (TPSA) is 38.1 Å². The third-order valence-electron chi connectivity index (χ3n) is 2.50. The van der Waals surface area contributed by atoms with E-state index in [0.29, 0.717) is 6.54 Å². The van der Waals surface area contributed by atoms with E-state index < -0.39 is 0 Å². The van der Waals surface area contributed by atoms with Crippen LogP contribution in [0.1, 0.15) is 11.3 Å². The number of hydrogen-bond donors (Lipinski definition) is 1. The molecule has 0 fully saturated rings. The van der Waals surface area contributed by atoms with Gasteiger partial charge in [0.2, 0.25) is 0 Å². The van der Waals surface area contributed by atoms with E-state index in [2.05, 4.69) is 4.98 Å². The number of aliphatic hydroxyl groups is 1. The van der Waals surface area contributed by atoms with Gasteiger partial charge in [-0.05, 0) is 24.0 Å². The second-order valence-electron chi connectivity index (χ2n) is 3.61. The van der Waals surface area contributed by atoms with Crippen LogP contribution in [0.3, 0.4) is 0 Å². The van der Waals surface area contributed by atoms with Crippen LogP contribution in [0.5, 0.6) is 0 Å². The predicted molar refractivity (Wildman–Crippen MR) is 70.5 cm³/mol. The molecule has 0 saturated heterocycles. The van der Waals surface area contributed by atoms with Crippen molar-refractivity contribution in [3.63, 3.8) is 0 Å². The molecule has 0 amide bonds. The maximum absolute atomic E-state index is 9.26. The molecule has 0 bridgehead atoms. The van der Waals surface area contributed by atoms with Crippen LogP contribution in [0, 0.1) is 0 Å². The molecule has 0 aliphatic heterocycles. The monoisotopic (exact) mass is 268 g/mol. The number of imidazole rings is 1. The summed E-state index contributed by atoms with van der Waals surface area (Å²) < 4.78 is 2.01. The SMILES string of the molecule is CSc1ncc(CO)n1Cc1ccc(Cl)cc1. The quantitative estimate of drug-likeness (QED) is 0.867. The first-order chi connectivity index (χ1) is 8.24. The summed E-state index contributed by atoms with van der Waals surface area (Å²) in [5.41, 5.74) is 1.96. The second-order valence-corrected chi connectivity index (χ2v) is 4.82. The summed E-state index contributed by atoms with van der Waals surface area (Å²) >= 11 is 7.42. The van der Waals surface area contributed by atoms with Gasteiger partial charge in [-0.25, -0.2) is 4.98 Å². The van der Waals surface area contributed by atoms with Gasteiger partial charge in [0, 0.05) is 11.6 Å². The van der Waals surface area contributed by atoms with Crippen LogP contribution in [0.2, 0.25) is 5.02 Å². The first kappa shape index (κ1) is 12.5. The van der Waals surface area contributed by atoms with Crippen LogP contribution in [-0.4, -0.2) is 20.9 Å². The van der Waals surface area contributed by atoms with Crippen molar-refractivity contribution in [1.29, 1.82) is 0 Å². The summed E-state index contributed by atoms with van der Waals surface area (Å²) in [4.78, 5) is 4.26. The third kappa shape index (κ3) is 2.83. The summed E-state index contributed by atoms with van der Waals surface area (Å²) in [7, 11) is 0. The molecule has 0 aliphatic carbocycles. The molecule has 1 aromatic carbocycles. The minimum absolute atomic E-state index is 0.00114. The van der Waals surface area contributed by atoms with E-state index in [0.717, 1.165) is 21.4 Å². The summed E-state index contributed by atoms with van der Waals surface area (Å²) in [6, 6.07) is 7.69. The fourth-order valence-corrected chi connectivity index (χ4v) is 2.31. The molecule has 5 heteroatoms. The number of halogens is 1. The van der Waals surface area contributed by atoms with Crippen molar-refractivity contribution in [2.24, 2.45) is 0 Å². The van der Waals surface area contributed by atoms with E-state index in [1.54, 1.807) is 18.0 Å². The van der Waals surface area contributed by atoms with Crippen molar-refractivity contribution in [3.8, 4) is 0 Å². The first-order valence-electron chi connectivity index (χ1n) is 5.18. The fourth-order valence-electron chi connectivity index (χ4n) is 1.62. The average molecular weight is 269 g/mol. The second kappa shape index (κ2) is 5.58. The molecule has 1 N–H and O–H groups in total. The van der Waals surface area contributed by atoms with Gasteiger partial charge in [0.05, 0.1) is 18.5 Å². The highest BCUT2D eigenvalue weighted by molar-refractivity contribution is 7.98. The smallest absolute Gasteiger partial charge is 0.168 e. The normalized spacial score (nSPS) is 10.8. The number of benzene rings is 1. The molecule has 3 nitrogen and oxygen atoms in total. The number of rotatable bonds is 4. The van der Waals surface area contributed by atoms with E-state index in [9.17, 15) is 5.11 Å². The van der Waals surface area contributed by atoms with Gasteiger partial charge in [0.15, 0.2) is 5.16 Å². The molecule has 2 rings (SSSR count). The van der Waals surface area contributed by atoms with Gasteiger partial charge >= 0.3 is 0 Å². The van der Waals surface area contributed by atoms with Crippen molar-refractivity contribution in [1.82, 2.24) is 9.55 Å². The lowest BCUT2D eigenvalue weighted by Crippen LogP contribution is -2.05. The highest BCUT2D eigenvalue weighted by atomic mass is 35.5. The lowest BCUT2D eigenvalue weighted by molar-refractivity contribution is 0.270. The van der Waals surface area contributed by atoms with Crippen LogP contribution >= 0.6 is 23.4 Å². The number of nitrogens with zero attached hydrogens (tertiary/aromatic N) is 2. The van der Waals surface area contributed by atoms with Gasteiger partial charge in [0.25, 0.3) is 0 Å². The van der Waals surface area contributed by atoms with Crippen LogP contribution in [0.4, 0.5) is 0 Å². The molecule has 90 valence electrons. The summed E-state index contributed by atoms with van der Waals surface area (Å²) in [5.74, 6) is 0. The van der Waals surface area contributed by atoms with Crippen LogP contribution < -0.4 is 0 Å². The van der Waals surface area contributed by atoms with Crippen molar-refractivity contribution in [3.05, 3.63) is 46.7 Å². The number of aromatic nitrogens is 2. The predicted octanol–water partition coefficient (Wildman–Crippen LogP) is 2.80. The summed E-state index contributed by atoms with van der Waals surface area (Å²) in [6.45, 7) is 0.699. The van der Waals surface area contributed by atoms with Crippen LogP contribution in [0.25, 0.3) is 0 Å². The lowest BCUT2D eigenvalue weighted by Gasteiger charge is -2.09. The summed E-state index contributed by atoms with van der Waals surface area (Å²) in [6.07, 6.45) is 3.68. The van der Waals surface area contributed by atoms with Crippen molar-refractivity contribution >= 4 is 23.4 Å². The highest BCUT2D eigenvalue weighted by Gasteiger charge is 2.08. The van der Waals surface area contributed by atoms with Gasteiger partial charge in [-0.15, -0.1) is 0 Å². The van der Waals surface area contributed by atoms with Gasteiger partial charge in [-0.2, -0.15) is 0 Å². The largest absolute Gasteiger partial charge is 0.390 e. The Bertz CT molecular complexity index is 474. The molecule has 17 heavy (non-hydrogen) atoms. The molecular formula is C12H13ClN2OS. The van der Waals surface area contributed by atoms with Gasteiger partial charge in [0.1, 0.15) is 0 Å². The van der Waals surface area contributed by atoms with Crippen molar-refractivity contribution < 1.29 is 5.11 Å². The molecular weight excluding hydrogens is 256 g/mol. The number of hydrogen-bond acceptors (Lipinski definition) is 3. The van der Waals surface area contributed by atoms with Gasteiger partial charge in [-0.3, -0.25) is 0 Å².